The highest BCUT2D eigenvalue weighted by atomic mass is 16.3. The molecule has 1 aromatic heterocycles. The zero-order chi connectivity index (χ0) is 17.5. The predicted octanol–water partition coefficient (Wildman–Crippen LogP) is 1.64. The maximum Gasteiger partial charge on any atom is 0.189 e. The molecule has 0 saturated carbocycles. The van der Waals surface area contributed by atoms with Gasteiger partial charge in [-0.1, -0.05) is 6.07 Å². The molecule has 0 bridgehead atoms. The fourth-order valence-electron chi connectivity index (χ4n) is 3.88. The lowest BCUT2D eigenvalue weighted by Gasteiger charge is -2.26. The average molecular weight is 329 g/mol. The fraction of sp³-hybridized carbons (Fsp3) is 0.526. The number of aromatic nitrogens is 1. The molecule has 1 fully saturated rings. The standard InChI is InChI=1S/C19H27N3O2/c1-13-7-14(2)18-16(8-13)17(23)9-15(20-18)10-22-6-5-19(24,12-22)11-21(3)4/h7-9,24H,5-6,10-12H2,1-4H3,(H,20,23). The zero-order valence-corrected chi connectivity index (χ0v) is 15.0. The number of β-amino-alcohol motifs (C(OH)–C–C–N with tert-alkyl or cyclic N) is 1. The first kappa shape index (κ1) is 17.1. The minimum Gasteiger partial charge on any atom is -0.387 e. The molecule has 1 aliphatic rings. The third-order valence-corrected chi connectivity index (χ3v) is 4.75. The highest BCUT2D eigenvalue weighted by Crippen LogP contribution is 2.24. The van der Waals surface area contributed by atoms with E-state index in [2.05, 4.69) is 16.0 Å². The van der Waals surface area contributed by atoms with Crippen LogP contribution in [0.2, 0.25) is 0 Å². The summed E-state index contributed by atoms with van der Waals surface area (Å²) < 4.78 is 0. The van der Waals surface area contributed by atoms with E-state index in [0.717, 1.165) is 40.7 Å². The lowest BCUT2D eigenvalue weighted by atomic mass is 10.0. The summed E-state index contributed by atoms with van der Waals surface area (Å²) in [7, 11) is 3.96. The molecule has 1 unspecified atom stereocenters. The van der Waals surface area contributed by atoms with Crippen molar-refractivity contribution in [3.05, 3.63) is 45.2 Å². The molecule has 5 nitrogen and oxygen atoms in total. The summed E-state index contributed by atoms with van der Waals surface area (Å²) in [5.41, 5.74) is 3.43. The number of pyridine rings is 1. The molecular formula is C19H27N3O2. The van der Waals surface area contributed by atoms with Crippen molar-refractivity contribution in [3.63, 3.8) is 0 Å². The van der Waals surface area contributed by atoms with Crippen LogP contribution in [0.25, 0.3) is 10.9 Å². The molecule has 1 atom stereocenters. The van der Waals surface area contributed by atoms with Gasteiger partial charge < -0.3 is 15.0 Å². The molecule has 1 aliphatic heterocycles. The molecule has 0 amide bonds. The highest BCUT2D eigenvalue weighted by molar-refractivity contribution is 5.82. The Labute approximate surface area is 142 Å². The molecule has 5 heteroatoms. The maximum atomic E-state index is 12.5. The van der Waals surface area contributed by atoms with Gasteiger partial charge in [0.2, 0.25) is 0 Å². The highest BCUT2D eigenvalue weighted by Gasteiger charge is 2.36. The number of likely N-dealkylation sites (N-methyl/N-ethyl adjacent to an activating group) is 1. The van der Waals surface area contributed by atoms with Gasteiger partial charge in [0.15, 0.2) is 5.43 Å². The van der Waals surface area contributed by atoms with Gasteiger partial charge in [0.25, 0.3) is 0 Å². The Morgan fingerprint density at radius 3 is 2.75 bits per heavy atom. The van der Waals surface area contributed by atoms with Crippen molar-refractivity contribution in [1.29, 1.82) is 0 Å². The van der Waals surface area contributed by atoms with E-state index >= 15 is 0 Å². The van der Waals surface area contributed by atoms with E-state index in [1.54, 1.807) is 6.07 Å². The van der Waals surface area contributed by atoms with Crippen LogP contribution in [-0.4, -0.2) is 59.2 Å². The van der Waals surface area contributed by atoms with Gasteiger partial charge in [0, 0.05) is 43.3 Å². The molecule has 24 heavy (non-hydrogen) atoms. The molecule has 0 spiro atoms. The first-order chi connectivity index (χ1) is 11.3. The first-order valence-electron chi connectivity index (χ1n) is 8.48. The summed E-state index contributed by atoms with van der Waals surface area (Å²) in [6, 6.07) is 5.73. The third-order valence-electron chi connectivity index (χ3n) is 4.75. The van der Waals surface area contributed by atoms with Gasteiger partial charge in [0.05, 0.1) is 11.1 Å². The van der Waals surface area contributed by atoms with E-state index in [1.807, 2.05) is 38.9 Å². The number of hydrogen-bond donors (Lipinski definition) is 2. The molecular weight excluding hydrogens is 302 g/mol. The molecule has 0 radical (unpaired) electrons. The predicted molar refractivity (Wildman–Crippen MR) is 97.4 cm³/mol. The number of nitrogens with one attached hydrogen (secondary N) is 1. The van der Waals surface area contributed by atoms with Crippen LogP contribution in [0.5, 0.6) is 0 Å². The van der Waals surface area contributed by atoms with Crippen LogP contribution >= 0.6 is 0 Å². The number of aryl methyl sites for hydroxylation is 2. The van der Waals surface area contributed by atoms with Crippen LogP contribution in [0.4, 0.5) is 0 Å². The summed E-state index contributed by atoms with van der Waals surface area (Å²) in [6.07, 6.45) is 0.765. The minimum absolute atomic E-state index is 0.0632. The van der Waals surface area contributed by atoms with Gasteiger partial charge in [-0.3, -0.25) is 9.69 Å². The maximum absolute atomic E-state index is 12.5. The molecule has 0 aliphatic carbocycles. The lowest BCUT2D eigenvalue weighted by molar-refractivity contribution is 0.0239. The lowest BCUT2D eigenvalue weighted by Crippen LogP contribution is -2.42. The average Bonchev–Trinajstić information content (AvgIpc) is 2.80. The number of H-pyrrole nitrogens is 1. The second-order valence-electron chi connectivity index (χ2n) is 7.59. The van der Waals surface area contributed by atoms with Gasteiger partial charge in [-0.05, 0) is 51.6 Å². The largest absolute Gasteiger partial charge is 0.387 e. The van der Waals surface area contributed by atoms with E-state index in [0.29, 0.717) is 19.6 Å². The molecule has 130 valence electrons. The van der Waals surface area contributed by atoms with Crippen molar-refractivity contribution < 1.29 is 5.11 Å². The summed E-state index contributed by atoms with van der Waals surface area (Å²) in [4.78, 5) is 20.1. The van der Waals surface area contributed by atoms with E-state index in [-0.39, 0.29) is 5.43 Å². The molecule has 2 aromatic rings. The van der Waals surface area contributed by atoms with E-state index in [4.69, 9.17) is 0 Å². The van der Waals surface area contributed by atoms with Crippen molar-refractivity contribution in [2.75, 3.05) is 33.7 Å². The number of nitrogens with zero attached hydrogens (tertiary/aromatic N) is 2. The summed E-state index contributed by atoms with van der Waals surface area (Å²) in [5, 5.41) is 11.4. The normalized spacial score (nSPS) is 21.9. The monoisotopic (exact) mass is 329 g/mol. The Morgan fingerprint density at radius 2 is 2.04 bits per heavy atom. The number of hydrogen-bond acceptors (Lipinski definition) is 4. The molecule has 2 heterocycles. The zero-order valence-electron chi connectivity index (χ0n) is 15.0. The van der Waals surface area contributed by atoms with E-state index < -0.39 is 5.60 Å². The Hall–Kier alpha value is -1.69. The third kappa shape index (κ3) is 3.53. The Bertz CT molecular complexity index is 812. The van der Waals surface area contributed by atoms with Crippen LogP contribution in [0.1, 0.15) is 23.2 Å². The smallest absolute Gasteiger partial charge is 0.189 e. The first-order valence-corrected chi connectivity index (χ1v) is 8.48. The Balaban J connectivity index is 1.83. The summed E-state index contributed by atoms with van der Waals surface area (Å²) in [5.74, 6) is 0. The number of benzene rings is 1. The van der Waals surface area contributed by atoms with Crippen molar-refractivity contribution in [3.8, 4) is 0 Å². The molecule has 3 rings (SSSR count). The van der Waals surface area contributed by atoms with Crippen LogP contribution < -0.4 is 5.43 Å². The van der Waals surface area contributed by atoms with Gasteiger partial charge in [0.1, 0.15) is 0 Å². The summed E-state index contributed by atoms with van der Waals surface area (Å²) >= 11 is 0. The number of likely N-dealkylation sites (tertiary alicyclic amines) is 1. The van der Waals surface area contributed by atoms with Crippen molar-refractivity contribution in [2.24, 2.45) is 0 Å². The van der Waals surface area contributed by atoms with Gasteiger partial charge >= 0.3 is 0 Å². The van der Waals surface area contributed by atoms with Gasteiger partial charge in [-0.15, -0.1) is 0 Å². The Morgan fingerprint density at radius 1 is 1.29 bits per heavy atom. The molecule has 1 saturated heterocycles. The van der Waals surface area contributed by atoms with Crippen LogP contribution in [0.3, 0.4) is 0 Å². The van der Waals surface area contributed by atoms with E-state index in [9.17, 15) is 9.90 Å². The second-order valence-corrected chi connectivity index (χ2v) is 7.59. The fourth-order valence-corrected chi connectivity index (χ4v) is 3.88. The van der Waals surface area contributed by atoms with Crippen molar-refractivity contribution in [1.82, 2.24) is 14.8 Å². The quantitative estimate of drug-likeness (QED) is 0.895. The summed E-state index contributed by atoms with van der Waals surface area (Å²) in [6.45, 7) is 6.84. The second kappa shape index (κ2) is 6.31. The van der Waals surface area contributed by atoms with Crippen LogP contribution in [0, 0.1) is 13.8 Å². The van der Waals surface area contributed by atoms with Crippen molar-refractivity contribution >= 4 is 10.9 Å². The molecule has 1 aromatic carbocycles. The SMILES string of the molecule is Cc1cc(C)c2[nH]c(CN3CCC(O)(CN(C)C)C3)cc(=O)c2c1. The number of aromatic amines is 1. The van der Waals surface area contributed by atoms with Crippen LogP contribution in [-0.2, 0) is 6.54 Å². The number of aliphatic hydroxyl groups is 1. The number of fused-ring (bicyclic) bond motifs is 1. The van der Waals surface area contributed by atoms with Gasteiger partial charge in [-0.2, -0.15) is 0 Å². The van der Waals surface area contributed by atoms with Crippen LogP contribution in [0.15, 0.2) is 23.0 Å². The van der Waals surface area contributed by atoms with Gasteiger partial charge in [-0.25, -0.2) is 0 Å². The molecule has 2 N–H and O–H groups in total. The topological polar surface area (TPSA) is 59.6 Å². The number of rotatable bonds is 4. The Kier molecular flexibility index (Phi) is 4.51. The minimum atomic E-state index is -0.659. The van der Waals surface area contributed by atoms with E-state index in [1.165, 1.54) is 0 Å². The van der Waals surface area contributed by atoms with Crippen molar-refractivity contribution in [2.45, 2.75) is 32.4 Å².